The highest BCUT2D eigenvalue weighted by Gasteiger charge is 2.43. The van der Waals surface area contributed by atoms with Gasteiger partial charge in [-0.2, -0.15) is 0 Å². The van der Waals surface area contributed by atoms with Crippen molar-refractivity contribution in [2.24, 2.45) is 0 Å². The van der Waals surface area contributed by atoms with E-state index in [-0.39, 0.29) is 11.1 Å². The average Bonchev–Trinajstić information content (AvgIpc) is 2.49. The van der Waals surface area contributed by atoms with E-state index >= 15 is 0 Å². The first-order chi connectivity index (χ1) is 10.7. The molecule has 3 heteroatoms. The summed E-state index contributed by atoms with van der Waals surface area (Å²) in [7, 11) is 3.91. The average molecular weight is 317 g/mol. The maximum absolute atomic E-state index is 6.13. The molecule has 0 bridgehead atoms. The molecule has 0 N–H and O–H groups in total. The third-order valence-corrected chi connectivity index (χ3v) is 5.12. The van der Waals surface area contributed by atoms with Gasteiger partial charge in [-0.3, -0.25) is 4.90 Å². The lowest BCUT2D eigenvalue weighted by atomic mass is 9.79. The molecule has 1 fully saturated rings. The van der Waals surface area contributed by atoms with Crippen LogP contribution in [0, 0.1) is 0 Å². The Labute approximate surface area is 141 Å². The standard InChI is InChI=1S/C20H31NO2/c1-19(2)14-18(15-20(3,4)21(19)5)23-13-7-8-16-9-11-17(22-6)12-10-16/h7-12,18H,13-15H2,1-6H3. The fourth-order valence-corrected chi connectivity index (χ4v) is 3.49. The molecule has 3 nitrogen and oxygen atoms in total. The van der Waals surface area contributed by atoms with Crippen LogP contribution in [0.3, 0.4) is 0 Å². The van der Waals surface area contributed by atoms with E-state index < -0.39 is 0 Å². The van der Waals surface area contributed by atoms with Crippen LogP contribution < -0.4 is 4.74 Å². The van der Waals surface area contributed by atoms with E-state index in [2.05, 4.69) is 63.9 Å². The predicted octanol–water partition coefficient (Wildman–Crippen LogP) is 4.38. The minimum absolute atomic E-state index is 0.173. The number of hydrogen-bond donors (Lipinski definition) is 0. The number of rotatable bonds is 5. The number of piperidine rings is 1. The Morgan fingerprint density at radius 2 is 1.65 bits per heavy atom. The Morgan fingerprint density at radius 3 is 2.17 bits per heavy atom. The second-order valence-electron chi connectivity index (χ2n) is 7.72. The highest BCUT2D eigenvalue weighted by atomic mass is 16.5. The van der Waals surface area contributed by atoms with Gasteiger partial charge in [0.1, 0.15) is 5.75 Å². The van der Waals surface area contributed by atoms with Crippen molar-refractivity contribution in [3.05, 3.63) is 35.9 Å². The Kier molecular flexibility index (Phi) is 5.53. The van der Waals surface area contributed by atoms with E-state index in [4.69, 9.17) is 9.47 Å². The SMILES string of the molecule is COc1ccc(C=CCOC2CC(C)(C)N(C)C(C)(C)C2)cc1. The summed E-state index contributed by atoms with van der Waals surface area (Å²) in [6.07, 6.45) is 6.66. The van der Waals surface area contributed by atoms with Gasteiger partial charge in [-0.15, -0.1) is 0 Å². The maximum Gasteiger partial charge on any atom is 0.118 e. The molecule has 1 aromatic rings. The van der Waals surface area contributed by atoms with Crippen LogP contribution in [0.5, 0.6) is 5.75 Å². The van der Waals surface area contributed by atoms with Crippen LogP contribution in [-0.2, 0) is 4.74 Å². The van der Waals surface area contributed by atoms with Crippen molar-refractivity contribution in [2.45, 2.75) is 57.7 Å². The summed E-state index contributed by atoms with van der Waals surface area (Å²) in [5.74, 6) is 0.884. The van der Waals surface area contributed by atoms with Crippen LogP contribution in [0.1, 0.15) is 46.1 Å². The molecule has 0 atom stereocenters. The number of ether oxygens (including phenoxy) is 2. The highest BCUT2D eigenvalue weighted by molar-refractivity contribution is 5.50. The second-order valence-corrected chi connectivity index (χ2v) is 7.72. The minimum Gasteiger partial charge on any atom is -0.497 e. The zero-order valence-corrected chi connectivity index (χ0v) is 15.4. The van der Waals surface area contributed by atoms with E-state index in [1.165, 1.54) is 5.56 Å². The zero-order valence-electron chi connectivity index (χ0n) is 15.4. The van der Waals surface area contributed by atoms with Crippen LogP contribution >= 0.6 is 0 Å². The summed E-state index contributed by atoms with van der Waals surface area (Å²) in [6, 6.07) is 8.05. The van der Waals surface area contributed by atoms with Crippen LogP contribution in [0.25, 0.3) is 6.08 Å². The normalized spacial score (nSPS) is 21.7. The van der Waals surface area contributed by atoms with Gasteiger partial charge in [0.05, 0.1) is 19.8 Å². The van der Waals surface area contributed by atoms with Crippen molar-refractivity contribution in [2.75, 3.05) is 20.8 Å². The van der Waals surface area contributed by atoms with Gasteiger partial charge in [0.2, 0.25) is 0 Å². The fourth-order valence-electron chi connectivity index (χ4n) is 3.49. The highest BCUT2D eigenvalue weighted by Crippen LogP contribution is 2.38. The molecule has 0 amide bonds. The van der Waals surface area contributed by atoms with Crippen LogP contribution in [0.2, 0.25) is 0 Å². The predicted molar refractivity (Wildman–Crippen MR) is 96.9 cm³/mol. The third-order valence-electron chi connectivity index (χ3n) is 5.12. The maximum atomic E-state index is 6.13. The van der Waals surface area contributed by atoms with Gasteiger partial charge in [0.25, 0.3) is 0 Å². The molecule has 0 aromatic heterocycles. The van der Waals surface area contributed by atoms with Gasteiger partial charge in [-0.05, 0) is 65.3 Å². The van der Waals surface area contributed by atoms with E-state index in [1.807, 2.05) is 12.1 Å². The molecule has 1 saturated heterocycles. The van der Waals surface area contributed by atoms with Crippen molar-refractivity contribution >= 4 is 6.08 Å². The molecule has 0 spiro atoms. The quantitative estimate of drug-likeness (QED) is 0.804. The van der Waals surface area contributed by atoms with Crippen LogP contribution in [0.4, 0.5) is 0 Å². The first-order valence-corrected chi connectivity index (χ1v) is 8.41. The molecule has 0 radical (unpaired) electrons. The Morgan fingerprint density at radius 1 is 1.09 bits per heavy atom. The number of likely N-dealkylation sites (tertiary alicyclic amines) is 1. The molecule has 0 saturated carbocycles. The van der Waals surface area contributed by atoms with E-state index in [9.17, 15) is 0 Å². The summed E-state index contributed by atoms with van der Waals surface area (Å²) >= 11 is 0. The summed E-state index contributed by atoms with van der Waals surface area (Å²) < 4.78 is 11.3. The lowest BCUT2D eigenvalue weighted by Gasteiger charge is -2.53. The van der Waals surface area contributed by atoms with E-state index in [1.54, 1.807) is 7.11 Å². The Balaban J connectivity index is 1.87. The molecule has 1 aliphatic rings. The van der Waals surface area contributed by atoms with Crippen LogP contribution in [-0.4, -0.2) is 42.8 Å². The van der Waals surface area contributed by atoms with Crippen LogP contribution in [0.15, 0.2) is 30.3 Å². The van der Waals surface area contributed by atoms with Gasteiger partial charge in [-0.1, -0.05) is 24.3 Å². The monoisotopic (exact) mass is 317 g/mol. The van der Waals surface area contributed by atoms with Crippen molar-refractivity contribution in [3.63, 3.8) is 0 Å². The van der Waals surface area contributed by atoms with Crippen molar-refractivity contribution < 1.29 is 9.47 Å². The Bertz CT molecular complexity index is 513. The lowest BCUT2D eigenvalue weighted by molar-refractivity contribution is -0.0856. The van der Waals surface area contributed by atoms with Gasteiger partial charge in [0.15, 0.2) is 0 Å². The smallest absolute Gasteiger partial charge is 0.118 e. The lowest BCUT2D eigenvalue weighted by Crippen LogP contribution is -2.60. The molecule has 2 rings (SSSR count). The molecule has 0 unspecified atom stereocenters. The van der Waals surface area contributed by atoms with Gasteiger partial charge in [-0.25, -0.2) is 0 Å². The molecular weight excluding hydrogens is 286 g/mol. The molecule has 0 aliphatic carbocycles. The summed E-state index contributed by atoms with van der Waals surface area (Å²) in [4.78, 5) is 2.48. The number of nitrogens with zero attached hydrogens (tertiary/aromatic N) is 1. The Hall–Kier alpha value is -1.32. The second kappa shape index (κ2) is 7.06. The molecule has 23 heavy (non-hydrogen) atoms. The van der Waals surface area contributed by atoms with Crippen molar-refractivity contribution in [1.29, 1.82) is 0 Å². The molecule has 1 heterocycles. The summed E-state index contributed by atoms with van der Waals surface area (Å²) in [6.45, 7) is 9.87. The summed E-state index contributed by atoms with van der Waals surface area (Å²) in [5.41, 5.74) is 1.51. The third kappa shape index (κ3) is 4.58. The van der Waals surface area contributed by atoms with E-state index in [0.717, 1.165) is 18.6 Å². The molecule has 1 aliphatic heterocycles. The largest absolute Gasteiger partial charge is 0.497 e. The number of methoxy groups -OCH3 is 1. The molecule has 128 valence electrons. The first-order valence-electron chi connectivity index (χ1n) is 8.41. The van der Waals surface area contributed by atoms with E-state index in [0.29, 0.717) is 12.7 Å². The van der Waals surface area contributed by atoms with Gasteiger partial charge >= 0.3 is 0 Å². The number of benzene rings is 1. The molecular formula is C20H31NO2. The number of hydrogen-bond acceptors (Lipinski definition) is 3. The summed E-state index contributed by atoms with van der Waals surface area (Å²) in [5, 5.41) is 0. The van der Waals surface area contributed by atoms with Gasteiger partial charge in [0, 0.05) is 11.1 Å². The molecule has 1 aromatic carbocycles. The van der Waals surface area contributed by atoms with Gasteiger partial charge < -0.3 is 9.47 Å². The first kappa shape index (κ1) is 18.0. The minimum atomic E-state index is 0.173. The zero-order chi connectivity index (χ0) is 17.1. The van der Waals surface area contributed by atoms with Crippen molar-refractivity contribution in [3.8, 4) is 5.75 Å². The fraction of sp³-hybridized carbons (Fsp3) is 0.600. The van der Waals surface area contributed by atoms with Crippen molar-refractivity contribution in [1.82, 2.24) is 4.90 Å². The topological polar surface area (TPSA) is 21.7 Å².